The molecule has 0 aromatic carbocycles. The zero-order valence-corrected chi connectivity index (χ0v) is 17.0. The first-order valence-electron chi connectivity index (χ1n) is 8.94. The summed E-state index contributed by atoms with van der Waals surface area (Å²) in [5.74, 6) is 1.19. The molecule has 4 nitrogen and oxygen atoms in total. The number of esters is 2. The number of hydrogen-bond donors (Lipinski definition) is 0. The van der Waals surface area contributed by atoms with E-state index in [0.717, 1.165) is 44.9 Å². The van der Waals surface area contributed by atoms with Gasteiger partial charge in [-0.3, -0.25) is 9.59 Å². The highest BCUT2D eigenvalue weighted by Crippen LogP contribution is 2.04. The molecule has 0 radical (unpaired) electrons. The van der Waals surface area contributed by atoms with E-state index in [-0.39, 0.29) is 18.0 Å². The minimum atomic E-state index is -0.0976. The molecular formula is C18H34Cl2O4. The Morgan fingerprint density at radius 3 is 1.75 bits per heavy atom. The number of hydrogen-bond acceptors (Lipinski definition) is 4. The molecule has 0 rings (SSSR count). The van der Waals surface area contributed by atoms with Gasteiger partial charge in [0.2, 0.25) is 0 Å². The number of unbranched alkanes of at least 4 members (excludes halogenated alkanes) is 4. The van der Waals surface area contributed by atoms with E-state index in [1.54, 1.807) is 0 Å². The molecular weight excluding hydrogens is 351 g/mol. The highest BCUT2D eigenvalue weighted by Gasteiger charge is 2.04. The molecule has 0 unspecified atom stereocenters. The fourth-order valence-corrected chi connectivity index (χ4v) is 2.07. The van der Waals surface area contributed by atoms with Crippen molar-refractivity contribution in [3.8, 4) is 0 Å². The average molecular weight is 385 g/mol. The number of carbonyl (C=O) groups excluding carboxylic acids is 2. The quantitative estimate of drug-likeness (QED) is 0.239. The van der Waals surface area contributed by atoms with Gasteiger partial charge in [-0.25, -0.2) is 0 Å². The van der Waals surface area contributed by atoms with Crippen LogP contribution in [-0.4, -0.2) is 36.4 Å². The summed E-state index contributed by atoms with van der Waals surface area (Å²) in [5, 5.41) is 0. The second-order valence-electron chi connectivity index (χ2n) is 5.76. The maximum atomic E-state index is 11.0. The van der Waals surface area contributed by atoms with Gasteiger partial charge in [0.05, 0.1) is 12.7 Å². The highest BCUT2D eigenvalue weighted by molar-refractivity contribution is 6.18. The molecule has 0 aliphatic heterocycles. The van der Waals surface area contributed by atoms with E-state index < -0.39 is 0 Å². The second-order valence-corrected chi connectivity index (χ2v) is 6.51. The standard InChI is InChI=1S/2C9H17ClO2/c1-8(2)12-9(11)6-4-3-5-7-10;1-2-8-12-9(11)6-4-3-5-7-10/h8H,3-7H2,1-2H3;2-8H2,1H3. The van der Waals surface area contributed by atoms with Crippen molar-refractivity contribution in [3.63, 3.8) is 0 Å². The van der Waals surface area contributed by atoms with E-state index in [1.807, 2.05) is 20.8 Å². The van der Waals surface area contributed by atoms with Gasteiger partial charge in [0.1, 0.15) is 0 Å². The summed E-state index contributed by atoms with van der Waals surface area (Å²) in [6.45, 7) is 6.25. The molecule has 0 aromatic heterocycles. The third-order valence-electron chi connectivity index (χ3n) is 2.86. The van der Waals surface area contributed by atoms with Crippen molar-refractivity contribution < 1.29 is 19.1 Å². The van der Waals surface area contributed by atoms with Crippen molar-refractivity contribution in [2.45, 2.75) is 84.7 Å². The molecule has 24 heavy (non-hydrogen) atoms. The van der Waals surface area contributed by atoms with Crippen molar-refractivity contribution in [3.05, 3.63) is 0 Å². The summed E-state index contributed by atoms with van der Waals surface area (Å²) >= 11 is 11.0. The molecule has 144 valence electrons. The van der Waals surface area contributed by atoms with Gasteiger partial charge in [0.15, 0.2) is 0 Å². The summed E-state index contributed by atoms with van der Waals surface area (Å²) in [6.07, 6.45) is 7.75. The maximum Gasteiger partial charge on any atom is 0.306 e. The number of carbonyl (C=O) groups is 2. The predicted octanol–water partition coefficient (Wildman–Crippen LogP) is 5.48. The normalized spacial score (nSPS) is 10.1. The Morgan fingerprint density at radius 1 is 0.833 bits per heavy atom. The van der Waals surface area contributed by atoms with Crippen molar-refractivity contribution in [1.82, 2.24) is 0 Å². The van der Waals surface area contributed by atoms with Gasteiger partial charge in [-0.05, 0) is 46.0 Å². The van der Waals surface area contributed by atoms with Crippen LogP contribution >= 0.6 is 23.2 Å². The summed E-state index contributed by atoms with van der Waals surface area (Å²) in [7, 11) is 0. The van der Waals surface area contributed by atoms with Crippen LogP contribution in [0.3, 0.4) is 0 Å². The Hall–Kier alpha value is -0.480. The van der Waals surface area contributed by atoms with E-state index >= 15 is 0 Å². The first kappa shape index (κ1) is 25.8. The molecule has 0 saturated heterocycles. The fourth-order valence-electron chi connectivity index (χ4n) is 1.69. The molecule has 0 saturated carbocycles. The van der Waals surface area contributed by atoms with E-state index in [9.17, 15) is 9.59 Å². The third-order valence-corrected chi connectivity index (χ3v) is 3.40. The summed E-state index contributed by atoms with van der Waals surface area (Å²) in [5.41, 5.74) is 0. The van der Waals surface area contributed by atoms with Crippen LogP contribution in [0.1, 0.15) is 78.6 Å². The molecule has 0 aromatic rings. The van der Waals surface area contributed by atoms with Crippen molar-refractivity contribution in [1.29, 1.82) is 0 Å². The van der Waals surface area contributed by atoms with Crippen molar-refractivity contribution >= 4 is 35.1 Å². The largest absolute Gasteiger partial charge is 0.466 e. The zero-order chi connectivity index (χ0) is 18.6. The SMILES string of the molecule is CC(C)OC(=O)CCCCCCl.CCCOC(=O)CCCCCCl. The van der Waals surface area contributed by atoms with Gasteiger partial charge in [0.25, 0.3) is 0 Å². The average Bonchev–Trinajstić information content (AvgIpc) is 2.53. The lowest BCUT2D eigenvalue weighted by Crippen LogP contribution is -2.10. The first-order chi connectivity index (χ1) is 11.5. The summed E-state index contributed by atoms with van der Waals surface area (Å²) in [6, 6.07) is 0. The van der Waals surface area contributed by atoms with Crippen molar-refractivity contribution in [2.75, 3.05) is 18.4 Å². The molecule has 0 heterocycles. The van der Waals surface area contributed by atoms with Crippen LogP contribution in [0.25, 0.3) is 0 Å². The van der Waals surface area contributed by atoms with Gasteiger partial charge in [-0.15, -0.1) is 23.2 Å². The van der Waals surface area contributed by atoms with E-state index in [2.05, 4.69) is 0 Å². The molecule has 6 heteroatoms. The lowest BCUT2D eigenvalue weighted by molar-refractivity contribution is -0.147. The minimum Gasteiger partial charge on any atom is -0.466 e. The Labute approximate surface area is 157 Å². The Kier molecular flexibility index (Phi) is 22.1. The number of ether oxygens (including phenoxy) is 2. The van der Waals surface area contributed by atoms with E-state index in [1.165, 1.54) is 0 Å². The lowest BCUT2D eigenvalue weighted by Gasteiger charge is -2.06. The zero-order valence-electron chi connectivity index (χ0n) is 15.5. The third kappa shape index (κ3) is 23.8. The van der Waals surface area contributed by atoms with Crippen LogP contribution < -0.4 is 0 Å². The van der Waals surface area contributed by atoms with Crippen LogP contribution in [0.15, 0.2) is 0 Å². The first-order valence-corrected chi connectivity index (χ1v) is 10.0. The monoisotopic (exact) mass is 384 g/mol. The van der Waals surface area contributed by atoms with Gasteiger partial charge in [-0.1, -0.05) is 19.8 Å². The molecule has 0 N–H and O–H groups in total. The lowest BCUT2D eigenvalue weighted by atomic mass is 10.2. The number of alkyl halides is 2. The number of halogens is 2. The summed E-state index contributed by atoms with van der Waals surface area (Å²) < 4.78 is 9.86. The minimum absolute atomic E-state index is 0.00512. The molecule has 0 atom stereocenters. The van der Waals surface area contributed by atoms with Crippen LogP contribution in [0.5, 0.6) is 0 Å². The Morgan fingerprint density at radius 2 is 1.33 bits per heavy atom. The maximum absolute atomic E-state index is 11.0. The molecule has 0 aliphatic carbocycles. The topological polar surface area (TPSA) is 52.6 Å². The number of rotatable bonds is 13. The van der Waals surface area contributed by atoms with E-state index in [0.29, 0.717) is 31.2 Å². The summed E-state index contributed by atoms with van der Waals surface area (Å²) in [4.78, 5) is 21.9. The van der Waals surface area contributed by atoms with E-state index in [4.69, 9.17) is 32.7 Å². The molecule has 0 amide bonds. The van der Waals surface area contributed by atoms with Gasteiger partial charge in [0, 0.05) is 24.6 Å². The van der Waals surface area contributed by atoms with Gasteiger partial charge >= 0.3 is 11.9 Å². The molecule has 0 aliphatic rings. The molecule has 0 spiro atoms. The van der Waals surface area contributed by atoms with Crippen LogP contribution in [0.2, 0.25) is 0 Å². The predicted molar refractivity (Wildman–Crippen MR) is 101 cm³/mol. The fraction of sp³-hybridized carbons (Fsp3) is 0.889. The Bertz CT molecular complexity index is 297. The van der Waals surface area contributed by atoms with Gasteiger partial charge in [-0.2, -0.15) is 0 Å². The Balaban J connectivity index is 0. The highest BCUT2D eigenvalue weighted by atomic mass is 35.5. The van der Waals surface area contributed by atoms with Crippen LogP contribution in [0, 0.1) is 0 Å². The van der Waals surface area contributed by atoms with Crippen LogP contribution in [0.4, 0.5) is 0 Å². The second kappa shape index (κ2) is 20.6. The van der Waals surface area contributed by atoms with Crippen LogP contribution in [-0.2, 0) is 19.1 Å². The molecule has 0 fully saturated rings. The smallest absolute Gasteiger partial charge is 0.306 e. The van der Waals surface area contributed by atoms with Crippen molar-refractivity contribution in [2.24, 2.45) is 0 Å². The molecule has 0 bridgehead atoms. The van der Waals surface area contributed by atoms with Gasteiger partial charge < -0.3 is 9.47 Å².